The van der Waals surface area contributed by atoms with Crippen LogP contribution in [0.25, 0.3) is 76.2 Å². The summed E-state index contributed by atoms with van der Waals surface area (Å²) in [6.07, 6.45) is 13.9. The molecule has 6 aromatic carbocycles. The zero-order valence-corrected chi connectivity index (χ0v) is 40.3. The molecule has 0 unspecified atom stereocenters. The molecule has 11 aromatic rings. The molecule has 7 aliphatic carbocycles. The van der Waals surface area contributed by atoms with Crippen molar-refractivity contribution in [1.29, 1.82) is 0 Å². The van der Waals surface area contributed by atoms with Gasteiger partial charge in [0.25, 0.3) is 0 Å². The van der Waals surface area contributed by atoms with Crippen molar-refractivity contribution in [2.45, 2.75) is 134 Å². The van der Waals surface area contributed by atoms with Crippen LogP contribution in [-0.2, 0) is 16.2 Å². The number of fused-ring (bicyclic) bond motifs is 14. The van der Waals surface area contributed by atoms with E-state index in [1.54, 1.807) is 0 Å². The molecule has 0 radical (unpaired) electrons. The lowest BCUT2D eigenvalue weighted by atomic mass is 9.62. The summed E-state index contributed by atoms with van der Waals surface area (Å²) in [4.78, 5) is 20.4. The second kappa shape index (κ2) is 12.3. The highest BCUT2D eigenvalue weighted by molar-refractivity contribution is 6.30. The molecule has 0 aliphatic heterocycles. The van der Waals surface area contributed by atoms with Crippen LogP contribution in [0, 0.1) is 5.41 Å². The van der Waals surface area contributed by atoms with E-state index in [-0.39, 0.29) is 33.5 Å². The Balaban J connectivity index is 1.06. The number of hydrogen-bond acceptors (Lipinski definition) is 2. The first-order valence-corrected chi connectivity index (χ1v) is 26.0. The largest absolute Gasteiger partial charge is 0.308 e. The van der Waals surface area contributed by atoms with Crippen molar-refractivity contribution in [3.63, 3.8) is 0 Å². The first-order valence-electron chi connectivity index (χ1n) is 26.0. The minimum atomic E-state index is -0.292. The van der Waals surface area contributed by atoms with Crippen LogP contribution in [0.1, 0.15) is 178 Å². The number of benzene rings is 6. The lowest BCUT2D eigenvalue weighted by Gasteiger charge is -2.41. The van der Waals surface area contributed by atoms with Gasteiger partial charge in [0, 0.05) is 60.0 Å². The standard InChI is InChI=1S/C64H57N3O/c1-7-64(19-13-8-14-20-64)35-27-45-42-30-49-41(44-26-34(61(2,3)4)25-43-40-29-48-46(32-51(40)66(49)58(43)44)60(68)63(6)23-21-62(48,5)22-24-63)31-50(42)67-52-33-65-57-54-38-17-11-9-15-36(38)53(37-16-10-12-18-39(37)54)56(57)55(52)47(28-35)59(45)67/h9-12,15-18,25-33,53-54H,7-8,13-14,19-24H2,1-6H3. The molecular weight excluding hydrogens is 827 g/mol. The number of Topliss-reactive ketones (excluding diaryl/α,β-unsaturated/α-hetero) is 1. The Bertz CT molecular complexity index is 4050. The van der Waals surface area contributed by atoms with Crippen LogP contribution < -0.4 is 0 Å². The summed E-state index contributed by atoms with van der Waals surface area (Å²) < 4.78 is 5.19. The molecule has 0 spiro atoms. The zero-order valence-electron chi connectivity index (χ0n) is 40.3. The molecule has 18 rings (SSSR count). The van der Waals surface area contributed by atoms with Crippen molar-refractivity contribution in [2.24, 2.45) is 5.41 Å². The Morgan fingerprint density at radius 3 is 1.74 bits per heavy atom. The van der Waals surface area contributed by atoms with E-state index in [1.165, 1.54) is 158 Å². The van der Waals surface area contributed by atoms with E-state index >= 15 is 0 Å². The summed E-state index contributed by atoms with van der Waals surface area (Å²) in [5, 5.41) is 10.7. The third kappa shape index (κ3) is 4.43. The molecule has 5 heterocycles. The zero-order chi connectivity index (χ0) is 45.5. The third-order valence-electron chi connectivity index (χ3n) is 19.8. The second-order valence-corrected chi connectivity index (χ2v) is 24.1. The number of ketones is 1. The van der Waals surface area contributed by atoms with Gasteiger partial charge in [0.2, 0.25) is 0 Å². The van der Waals surface area contributed by atoms with Crippen LogP contribution in [0.4, 0.5) is 0 Å². The molecule has 2 saturated carbocycles. The minimum Gasteiger partial charge on any atom is -0.308 e. The van der Waals surface area contributed by atoms with Crippen LogP contribution in [-0.4, -0.2) is 19.6 Å². The van der Waals surface area contributed by atoms with Gasteiger partial charge >= 0.3 is 0 Å². The van der Waals surface area contributed by atoms with Crippen LogP contribution in [0.3, 0.4) is 0 Å². The summed E-state index contributed by atoms with van der Waals surface area (Å²) in [6.45, 7) is 14.2. The van der Waals surface area contributed by atoms with Crippen LogP contribution in [0.5, 0.6) is 0 Å². The van der Waals surface area contributed by atoms with Gasteiger partial charge in [0.1, 0.15) is 0 Å². The van der Waals surface area contributed by atoms with Gasteiger partial charge in [-0.15, -0.1) is 0 Å². The van der Waals surface area contributed by atoms with E-state index < -0.39 is 0 Å². The fraction of sp³-hybridized carbons (Fsp3) is 0.344. The summed E-state index contributed by atoms with van der Waals surface area (Å²) in [6, 6.07) is 38.6. The summed E-state index contributed by atoms with van der Waals surface area (Å²) in [7, 11) is 0. The maximum absolute atomic E-state index is 14.8. The van der Waals surface area contributed by atoms with E-state index in [2.05, 4.69) is 154 Å². The van der Waals surface area contributed by atoms with Crippen molar-refractivity contribution in [3.05, 3.63) is 159 Å². The molecule has 5 aromatic heterocycles. The predicted molar refractivity (Wildman–Crippen MR) is 280 cm³/mol. The number of carbonyl (C=O) groups is 1. The van der Waals surface area contributed by atoms with Gasteiger partial charge in [0.15, 0.2) is 5.78 Å². The van der Waals surface area contributed by atoms with Crippen molar-refractivity contribution in [3.8, 4) is 0 Å². The first kappa shape index (κ1) is 38.7. The third-order valence-corrected chi connectivity index (χ3v) is 19.8. The first-order chi connectivity index (χ1) is 32.9. The smallest absolute Gasteiger partial charge is 0.169 e. The average molecular weight is 884 g/mol. The van der Waals surface area contributed by atoms with Gasteiger partial charge in [-0.2, -0.15) is 0 Å². The maximum Gasteiger partial charge on any atom is 0.169 e. The highest BCUT2D eigenvalue weighted by atomic mass is 16.1. The molecule has 4 heteroatoms. The highest BCUT2D eigenvalue weighted by Gasteiger charge is 2.49. The van der Waals surface area contributed by atoms with Gasteiger partial charge < -0.3 is 8.80 Å². The van der Waals surface area contributed by atoms with E-state index in [9.17, 15) is 4.79 Å². The maximum atomic E-state index is 14.8. The lowest BCUT2D eigenvalue weighted by Crippen LogP contribution is -2.33. The van der Waals surface area contributed by atoms with Crippen LogP contribution >= 0.6 is 0 Å². The number of pyridine rings is 1. The molecule has 334 valence electrons. The quantitative estimate of drug-likeness (QED) is 0.173. The molecule has 4 bridgehead atoms. The molecule has 68 heavy (non-hydrogen) atoms. The molecule has 0 amide bonds. The number of aromatic nitrogens is 3. The summed E-state index contributed by atoms with van der Waals surface area (Å²) in [5.41, 5.74) is 20.8. The van der Waals surface area contributed by atoms with Gasteiger partial charge in [0.05, 0.1) is 50.9 Å². The van der Waals surface area contributed by atoms with Gasteiger partial charge in [-0.3, -0.25) is 9.78 Å². The fourth-order valence-corrected chi connectivity index (χ4v) is 15.9. The van der Waals surface area contributed by atoms with Gasteiger partial charge in [-0.05, 0) is 154 Å². The summed E-state index contributed by atoms with van der Waals surface area (Å²) in [5.74, 6) is 0.610. The van der Waals surface area contributed by atoms with Crippen molar-refractivity contribution < 1.29 is 4.79 Å². The lowest BCUT2D eigenvalue weighted by molar-refractivity contribution is 0.0732. The number of nitrogens with zero attached hydrogens (tertiary/aromatic N) is 3. The summed E-state index contributed by atoms with van der Waals surface area (Å²) >= 11 is 0. The topological polar surface area (TPSA) is 38.8 Å². The van der Waals surface area contributed by atoms with E-state index in [1.807, 2.05) is 0 Å². The second-order valence-electron chi connectivity index (χ2n) is 24.1. The predicted octanol–water partition coefficient (Wildman–Crippen LogP) is 16.3. The Morgan fingerprint density at radius 2 is 1.12 bits per heavy atom. The van der Waals surface area contributed by atoms with Crippen LogP contribution in [0.15, 0.2) is 103 Å². The Morgan fingerprint density at radius 1 is 0.588 bits per heavy atom. The molecule has 0 saturated heterocycles. The molecular formula is C64H57N3O. The Labute approximate surface area is 397 Å². The van der Waals surface area contributed by atoms with E-state index in [0.29, 0.717) is 5.78 Å². The number of hydrogen-bond donors (Lipinski definition) is 0. The Kier molecular flexibility index (Phi) is 7.00. The average Bonchev–Trinajstić information content (AvgIpc) is 4.06. The minimum absolute atomic E-state index is 0.0121. The van der Waals surface area contributed by atoms with Crippen molar-refractivity contribution in [2.75, 3.05) is 0 Å². The van der Waals surface area contributed by atoms with Crippen molar-refractivity contribution >= 4 is 82.0 Å². The van der Waals surface area contributed by atoms with Crippen molar-refractivity contribution in [1.82, 2.24) is 13.8 Å². The SMILES string of the molecule is CCC1(c2cc3c4cc5c(cc4n4c6cnc7c(c6c(c2)c34)C2c3ccccc3C7c3ccccc32)c2cc(C(C)(C)C)cc3c4cc6c(cc4n5c32)C(=O)C2(C)CCC6(C)CC2)CCCCC1. The number of carbonyl (C=O) groups excluding carboxylic acids is 1. The number of rotatable bonds is 2. The van der Waals surface area contributed by atoms with E-state index in [0.717, 1.165) is 37.7 Å². The molecule has 0 atom stereocenters. The Hall–Kier alpha value is -6.26. The fourth-order valence-electron chi connectivity index (χ4n) is 15.9. The van der Waals surface area contributed by atoms with Gasteiger partial charge in [-0.25, -0.2) is 0 Å². The normalized spacial score (nSPS) is 24.1. The molecule has 7 aliphatic rings. The monoisotopic (exact) mass is 883 g/mol. The van der Waals surface area contributed by atoms with Gasteiger partial charge in [-0.1, -0.05) is 109 Å². The molecule has 4 nitrogen and oxygen atoms in total. The molecule has 0 N–H and O–H groups in total. The van der Waals surface area contributed by atoms with Crippen LogP contribution in [0.2, 0.25) is 0 Å². The molecule has 2 fully saturated rings. The van der Waals surface area contributed by atoms with E-state index in [4.69, 9.17) is 4.98 Å². The highest BCUT2D eigenvalue weighted by Crippen LogP contribution is 2.60.